The fraction of sp³-hybridized carbons (Fsp3) is 0.391. The number of amides is 2. The van der Waals surface area contributed by atoms with Gasteiger partial charge in [-0.2, -0.15) is 0 Å². The van der Waals surface area contributed by atoms with E-state index in [2.05, 4.69) is 30.1 Å². The SMILES string of the molecule is CCN(CC)c1ccc(NC(=O)C2CC(=O)N(c3ccc(OC)cc3)C2)c(C)c1. The van der Waals surface area contributed by atoms with Crippen LogP contribution >= 0.6 is 0 Å². The molecule has 6 nitrogen and oxygen atoms in total. The second-order valence-corrected chi connectivity index (χ2v) is 7.26. The second kappa shape index (κ2) is 8.99. The molecule has 2 amide bonds. The molecule has 1 aliphatic heterocycles. The summed E-state index contributed by atoms with van der Waals surface area (Å²) < 4.78 is 5.16. The van der Waals surface area contributed by atoms with E-state index < -0.39 is 0 Å². The predicted molar refractivity (Wildman–Crippen MR) is 117 cm³/mol. The van der Waals surface area contributed by atoms with Crippen LogP contribution in [0.5, 0.6) is 5.75 Å². The molecular weight excluding hydrogens is 366 g/mol. The zero-order valence-electron chi connectivity index (χ0n) is 17.6. The van der Waals surface area contributed by atoms with Gasteiger partial charge in [-0.1, -0.05) is 0 Å². The Morgan fingerprint density at radius 1 is 1.17 bits per heavy atom. The van der Waals surface area contributed by atoms with Crippen molar-refractivity contribution in [3.05, 3.63) is 48.0 Å². The lowest BCUT2D eigenvalue weighted by molar-refractivity contribution is -0.122. The number of hydrogen-bond acceptors (Lipinski definition) is 4. The van der Waals surface area contributed by atoms with Crippen molar-refractivity contribution in [1.29, 1.82) is 0 Å². The normalized spacial score (nSPS) is 16.1. The quantitative estimate of drug-likeness (QED) is 0.774. The molecule has 29 heavy (non-hydrogen) atoms. The molecule has 3 rings (SSSR count). The van der Waals surface area contributed by atoms with Crippen molar-refractivity contribution in [1.82, 2.24) is 0 Å². The summed E-state index contributed by atoms with van der Waals surface area (Å²) in [6.45, 7) is 8.50. The first-order chi connectivity index (χ1) is 14.0. The van der Waals surface area contributed by atoms with Crippen molar-refractivity contribution in [3.63, 3.8) is 0 Å². The van der Waals surface area contributed by atoms with Gasteiger partial charge in [0.05, 0.1) is 13.0 Å². The van der Waals surface area contributed by atoms with Gasteiger partial charge in [-0.15, -0.1) is 0 Å². The molecule has 1 aliphatic rings. The minimum atomic E-state index is -0.369. The molecule has 0 radical (unpaired) electrons. The van der Waals surface area contributed by atoms with Crippen LogP contribution in [-0.2, 0) is 9.59 Å². The van der Waals surface area contributed by atoms with Crippen molar-refractivity contribution in [3.8, 4) is 5.75 Å². The average Bonchev–Trinajstić information content (AvgIpc) is 3.12. The van der Waals surface area contributed by atoms with Gasteiger partial charge in [-0.3, -0.25) is 9.59 Å². The lowest BCUT2D eigenvalue weighted by Crippen LogP contribution is -2.28. The molecule has 1 heterocycles. The van der Waals surface area contributed by atoms with Crippen LogP contribution in [0.3, 0.4) is 0 Å². The summed E-state index contributed by atoms with van der Waals surface area (Å²) in [5.41, 5.74) is 3.73. The van der Waals surface area contributed by atoms with E-state index in [0.717, 1.165) is 41.5 Å². The number of aryl methyl sites for hydroxylation is 1. The van der Waals surface area contributed by atoms with Crippen molar-refractivity contribution in [2.24, 2.45) is 5.92 Å². The number of carbonyl (C=O) groups excluding carboxylic acids is 2. The number of nitrogens with zero attached hydrogens (tertiary/aromatic N) is 2. The number of benzene rings is 2. The Bertz CT molecular complexity index is 875. The van der Waals surface area contributed by atoms with Crippen molar-refractivity contribution >= 4 is 28.9 Å². The highest BCUT2D eigenvalue weighted by Crippen LogP contribution is 2.28. The number of carbonyl (C=O) groups is 2. The largest absolute Gasteiger partial charge is 0.497 e. The van der Waals surface area contributed by atoms with Gasteiger partial charge in [-0.05, 0) is 68.8 Å². The van der Waals surface area contributed by atoms with Gasteiger partial charge in [0.1, 0.15) is 5.75 Å². The van der Waals surface area contributed by atoms with E-state index >= 15 is 0 Å². The van der Waals surface area contributed by atoms with E-state index in [-0.39, 0.29) is 24.2 Å². The number of anilines is 3. The summed E-state index contributed by atoms with van der Waals surface area (Å²) in [6, 6.07) is 13.4. The molecule has 0 saturated carbocycles. The summed E-state index contributed by atoms with van der Waals surface area (Å²) in [5.74, 6) is 0.210. The molecule has 154 valence electrons. The molecule has 2 aromatic carbocycles. The maximum Gasteiger partial charge on any atom is 0.229 e. The summed E-state index contributed by atoms with van der Waals surface area (Å²) in [4.78, 5) is 29.2. The van der Waals surface area contributed by atoms with Gasteiger partial charge < -0.3 is 19.9 Å². The molecular formula is C23H29N3O3. The number of nitrogens with one attached hydrogen (secondary N) is 1. The smallest absolute Gasteiger partial charge is 0.229 e. The van der Waals surface area contributed by atoms with E-state index in [1.54, 1.807) is 12.0 Å². The van der Waals surface area contributed by atoms with Gasteiger partial charge >= 0.3 is 0 Å². The average molecular weight is 396 g/mol. The summed E-state index contributed by atoms with van der Waals surface area (Å²) in [6.07, 6.45) is 0.217. The van der Waals surface area contributed by atoms with Crippen molar-refractivity contribution in [2.75, 3.05) is 41.9 Å². The number of hydrogen-bond donors (Lipinski definition) is 1. The van der Waals surface area contributed by atoms with Crippen LogP contribution in [0.2, 0.25) is 0 Å². The van der Waals surface area contributed by atoms with Crippen molar-refractivity contribution < 1.29 is 14.3 Å². The van der Waals surface area contributed by atoms with E-state index in [1.807, 2.05) is 43.3 Å². The Morgan fingerprint density at radius 2 is 1.86 bits per heavy atom. The van der Waals surface area contributed by atoms with Crippen LogP contribution in [0.25, 0.3) is 0 Å². The van der Waals surface area contributed by atoms with E-state index in [9.17, 15) is 9.59 Å². The van der Waals surface area contributed by atoms with Gasteiger partial charge in [0.15, 0.2) is 0 Å². The molecule has 0 aliphatic carbocycles. The first-order valence-corrected chi connectivity index (χ1v) is 10.1. The number of methoxy groups -OCH3 is 1. The maximum atomic E-state index is 12.8. The minimum absolute atomic E-state index is 0.0380. The molecule has 6 heteroatoms. The first kappa shape index (κ1) is 20.7. The highest BCUT2D eigenvalue weighted by atomic mass is 16.5. The zero-order valence-corrected chi connectivity index (χ0v) is 17.6. The molecule has 1 N–H and O–H groups in total. The number of ether oxygens (including phenoxy) is 1. The Morgan fingerprint density at radius 3 is 2.45 bits per heavy atom. The third-order valence-electron chi connectivity index (χ3n) is 5.48. The standard InChI is InChI=1S/C23H29N3O3/c1-5-25(6-2)19-9-12-21(16(3)13-19)24-23(28)17-14-22(27)26(15-17)18-7-10-20(29-4)11-8-18/h7-13,17H,5-6,14-15H2,1-4H3,(H,24,28). The maximum absolute atomic E-state index is 12.8. The molecule has 2 aromatic rings. The zero-order chi connectivity index (χ0) is 21.0. The molecule has 1 saturated heterocycles. The fourth-order valence-corrected chi connectivity index (χ4v) is 3.70. The summed E-state index contributed by atoms with van der Waals surface area (Å²) >= 11 is 0. The molecule has 1 atom stereocenters. The van der Waals surface area contributed by atoms with E-state index in [0.29, 0.717) is 6.54 Å². The summed E-state index contributed by atoms with van der Waals surface area (Å²) in [7, 11) is 1.60. The lowest BCUT2D eigenvalue weighted by atomic mass is 10.1. The molecule has 0 spiro atoms. The highest BCUT2D eigenvalue weighted by Gasteiger charge is 2.35. The molecule has 0 bridgehead atoms. The molecule has 0 aromatic heterocycles. The van der Waals surface area contributed by atoms with Crippen LogP contribution in [-0.4, -0.2) is 38.6 Å². The number of rotatable bonds is 7. The monoisotopic (exact) mass is 395 g/mol. The van der Waals surface area contributed by atoms with Gasteiger partial charge in [0.25, 0.3) is 0 Å². The van der Waals surface area contributed by atoms with Crippen LogP contribution in [0.15, 0.2) is 42.5 Å². The third-order valence-corrected chi connectivity index (χ3v) is 5.48. The van der Waals surface area contributed by atoms with E-state index in [1.165, 1.54) is 0 Å². The van der Waals surface area contributed by atoms with Crippen LogP contribution < -0.4 is 19.9 Å². The fourth-order valence-electron chi connectivity index (χ4n) is 3.70. The van der Waals surface area contributed by atoms with Gasteiger partial charge in [-0.25, -0.2) is 0 Å². The van der Waals surface area contributed by atoms with Crippen LogP contribution in [0, 0.1) is 12.8 Å². The van der Waals surface area contributed by atoms with E-state index in [4.69, 9.17) is 4.74 Å². The molecule has 1 unspecified atom stereocenters. The second-order valence-electron chi connectivity index (χ2n) is 7.26. The Labute approximate surface area is 172 Å². The first-order valence-electron chi connectivity index (χ1n) is 10.1. The topological polar surface area (TPSA) is 61.9 Å². The van der Waals surface area contributed by atoms with Gasteiger partial charge in [0, 0.05) is 43.1 Å². The summed E-state index contributed by atoms with van der Waals surface area (Å²) in [5, 5.41) is 3.01. The Balaban J connectivity index is 1.67. The lowest BCUT2D eigenvalue weighted by Gasteiger charge is -2.22. The van der Waals surface area contributed by atoms with Crippen LogP contribution in [0.1, 0.15) is 25.8 Å². The minimum Gasteiger partial charge on any atom is -0.497 e. The Kier molecular flexibility index (Phi) is 6.42. The van der Waals surface area contributed by atoms with Crippen LogP contribution in [0.4, 0.5) is 17.1 Å². The highest BCUT2D eigenvalue weighted by molar-refractivity contribution is 6.03. The molecule has 1 fully saturated rings. The third kappa shape index (κ3) is 4.53. The van der Waals surface area contributed by atoms with Crippen molar-refractivity contribution in [2.45, 2.75) is 27.2 Å². The Hall–Kier alpha value is -3.02. The predicted octanol–water partition coefficient (Wildman–Crippen LogP) is 3.84. The van der Waals surface area contributed by atoms with Gasteiger partial charge in [0.2, 0.25) is 11.8 Å².